The Labute approximate surface area is 131 Å². The number of hydrogen-bond donors (Lipinski definition) is 2. The first-order chi connectivity index (χ1) is 10.8. The highest BCUT2D eigenvalue weighted by atomic mass is 19.1. The zero-order valence-corrected chi connectivity index (χ0v) is 12.6. The zero-order chi connectivity index (χ0) is 16.6. The highest BCUT2D eigenvalue weighted by Gasteiger charge is 2.12. The second-order valence-corrected chi connectivity index (χ2v) is 5.52. The van der Waals surface area contributed by atoms with E-state index in [1.165, 1.54) is 32.4 Å². The molecule has 2 heterocycles. The van der Waals surface area contributed by atoms with Crippen molar-refractivity contribution in [1.29, 1.82) is 0 Å². The highest BCUT2D eigenvalue weighted by molar-refractivity contribution is 5.79. The molecular weight excluding hydrogens is 297 g/mol. The minimum Gasteiger partial charge on any atom is -0.378 e. The summed E-state index contributed by atoms with van der Waals surface area (Å²) in [4.78, 5) is 12.1. The number of nitrogen functional groups attached to an aromatic ring is 1. The predicted molar refractivity (Wildman–Crippen MR) is 84.2 cm³/mol. The van der Waals surface area contributed by atoms with Crippen LogP contribution < -0.4 is 5.73 Å². The summed E-state index contributed by atoms with van der Waals surface area (Å²) >= 11 is 0. The highest BCUT2D eigenvalue weighted by Crippen LogP contribution is 2.21. The summed E-state index contributed by atoms with van der Waals surface area (Å²) < 4.78 is 15.8. The van der Waals surface area contributed by atoms with Gasteiger partial charge in [0, 0.05) is 12.3 Å². The molecule has 0 bridgehead atoms. The van der Waals surface area contributed by atoms with E-state index in [0.29, 0.717) is 16.9 Å². The number of fused-ring (bicyclic) bond motifs is 1. The van der Waals surface area contributed by atoms with E-state index >= 15 is 0 Å². The first-order valence-electron chi connectivity index (χ1n) is 6.84. The molecule has 0 radical (unpaired) electrons. The van der Waals surface area contributed by atoms with Crippen LogP contribution in [0.4, 0.5) is 10.3 Å². The van der Waals surface area contributed by atoms with Crippen molar-refractivity contribution >= 4 is 17.0 Å². The number of benzene rings is 1. The van der Waals surface area contributed by atoms with Gasteiger partial charge in [0.25, 0.3) is 0 Å². The normalized spacial score (nSPS) is 11.3. The lowest BCUT2D eigenvalue weighted by Gasteiger charge is -2.07. The van der Waals surface area contributed by atoms with E-state index in [0.717, 1.165) is 0 Å². The van der Waals surface area contributed by atoms with Gasteiger partial charge in [0.1, 0.15) is 23.6 Å². The van der Waals surface area contributed by atoms with Crippen LogP contribution in [0.3, 0.4) is 0 Å². The molecule has 3 N–H and O–H groups in total. The molecular formula is C16H14FN5O. The van der Waals surface area contributed by atoms with E-state index in [9.17, 15) is 9.50 Å². The largest absolute Gasteiger partial charge is 0.378 e. The van der Waals surface area contributed by atoms with Crippen molar-refractivity contribution in [2.24, 2.45) is 0 Å². The van der Waals surface area contributed by atoms with Gasteiger partial charge in [0.05, 0.1) is 16.6 Å². The third-order valence-corrected chi connectivity index (χ3v) is 3.05. The molecule has 0 unspecified atom stereocenters. The molecule has 0 amide bonds. The number of imidazole rings is 1. The Kier molecular flexibility index (Phi) is 3.47. The standard InChI is InChI=1S/C16H14FN5O/c1-16(2,23)5-3-10-7-13-12(8-11(10)17)20-9-22(13)14-4-6-19-15(18)21-14/h4,6-9,23H,1-2H3,(H2,18,19,21). The molecule has 116 valence electrons. The third-order valence-electron chi connectivity index (χ3n) is 3.05. The van der Waals surface area contributed by atoms with Crippen LogP contribution in [0, 0.1) is 17.7 Å². The molecule has 6 nitrogen and oxygen atoms in total. The smallest absolute Gasteiger partial charge is 0.221 e. The lowest BCUT2D eigenvalue weighted by Crippen LogP contribution is -2.14. The van der Waals surface area contributed by atoms with Gasteiger partial charge >= 0.3 is 0 Å². The first-order valence-corrected chi connectivity index (χ1v) is 6.84. The maximum absolute atomic E-state index is 14.1. The second-order valence-electron chi connectivity index (χ2n) is 5.52. The SMILES string of the molecule is CC(C)(O)C#Cc1cc2c(cc1F)ncn2-c1ccnc(N)n1. The fourth-order valence-electron chi connectivity index (χ4n) is 2.03. The molecule has 0 atom stereocenters. The topological polar surface area (TPSA) is 89.9 Å². The van der Waals surface area contributed by atoms with Crippen molar-refractivity contribution in [2.75, 3.05) is 5.73 Å². The lowest BCUT2D eigenvalue weighted by atomic mass is 10.1. The fourth-order valence-corrected chi connectivity index (χ4v) is 2.03. The first kappa shape index (κ1) is 14.9. The number of aromatic nitrogens is 4. The van der Waals surface area contributed by atoms with Gasteiger partial charge in [-0.15, -0.1) is 0 Å². The molecule has 0 fully saturated rings. The number of anilines is 1. The van der Waals surface area contributed by atoms with E-state index in [1.54, 1.807) is 16.7 Å². The monoisotopic (exact) mass is 311 g/mol. The van der Waals surface area contributed by atoms with E-state index in [4.69, 9.17) is 5.73 Å². The van der Waals surface area contributed by atoms with Crippen molar-refractivity contribution in [3.63, 3.8) is 0 Å². The Morgan fingerprint density at radius 1 is 1.30 bits per heavy atom. The Morgan fingerprint density at radius 2 is 2.09 bits per heavy atom. The summed E-state index contributed by atoms with van der Waals surface area (Å²) in [6.07, 6.45) is 3.06. The van der Waals surface area contributed by atoms with Crippen LogP contribution in [-0.2, 0) is 0 Å². The van der Waals surface area contributed by atoms with E-state index in [1.807, 2.05) is 0 Å². The summed E-state index contributed by atoms with van der Waals surface area (Å²) in [6.45, 7) is 3.06. The van der Waals surface area contributed by atoms with Crippen LogP contribution >= 0.6 is 0 Å². The molecule has 0 spiro atoms. The molecule has 1 aromatic carbocycles. The second kappa shape index (κ2) is 5.34. The van der Waals surface area contributed by atoms with Gasteiger partial charge in [0.2, 0.25) is 5.95 Å². The van der Waals surface area contributed by atoms with Crippen molar-refractivity contribution in [3.8, 4) is 17.7 Å². The maximum Gasteiger partial charge on any atom is 0.221 e. The van der Waals surface area contributed by atoms with Gasteiger partial charge in [-0.2, -0.15) is 4.98 Å². The lowest BCUT2D eigenvalue weighted by molar-refractivity contribution is 0.143. The van der Waals surface area contributed by atoms with Crippen molar-refractivity contribution in [2.45, 2.75) is 19.4 Å². The minimum atomic E-state index is -1.21. The summed E-state index contributed by atoms with van der Waals surface area (Å²) in [7, 11) is 0. The maximum atomic E-state index is 14.1. The van der Waals surface area contributed by atoms with Crippen molar-refractivity contribution in [3.05, 3.63) is 42.1 Å². The van der Waals surface area contributed by atoms with E-state index in [2.05, 4.69) is 26.8 Å². The van der Waals surface area contributed by atoms with Crippen LogP contribution in [0.5, 0.6) is 0 Å². The number of rotatable bonds is 1. The number of aliphatic hydroxyl groups is 1. The van der Waals surface area contributed by atoms with Gasteiger partial charge in [-0.1, -0.05) is 11.8 Å². The number of nitrogens with two attached hydrogens (primary N) is 1. The summed E-state index contributed by atoms with van der Waals surface area (Å²) in [5.41, 5.74) is 5.65. The summed E-state index contributed by atoms with van der Waals surface area (Å²) in [5, 5.41) is 9.66. The Bertz CT molecular complexity index is 946. The predicted octanol–water partition coefficient (Wildman–Crippen LogP) is 1.66. The average Bonchev–Trinajstić information content (AvgIpc) is 2.86. The Hall–Kier alpha value is -2.98. The molecule has 2 aromatic heterocycles. The van der Waals surface area contributed by atoms with Gasteiger partial charge in [-0.05, 0) is 26.0 Å². The fraction of sp³-hybridized carbons (Fsp3) is 0.188. The van der Waals surface area contributed by atoms with E-state index in [-0.39, 0.29) is 11.5 Å². The molecule has 0 aliphatic rings. The van der Waals surface area contributed by atoms with Gasteiger partial charge in [-0.3, -0.25) is 4.57 Å². The third kappa shape index (κ3) is 3.12. The van der Waals surface area contributed by atoms with Crippen LogP contribution in [-0.4, -0.2) is 30.2 Å². The molecule has 0 aliphatic heterocycles. The van der Waals surface area contributed by atoms with Gasteiger partial charge in [0.15, 0.2) is 0 Å². The molecule has 3 aromatic rings. The molecule has 3 rings (SSSR count). The summed E-state index contributed by atoms with van der Waals surface area (Å²) in [6, 6.07) is 4.53. The zero-order valence-electron chi connectivity index (χ0n) is 12.6. The van der Waals surface area contributed by atoms with Crippen molar-refractivity contribution in [1.82, 2.24) is 19.5 Å². The van der Waals surface area contributed by atoms with E-state index < -0.39 is 11.4 Å². The number of halogens is 1. The molecule has 0 saturated carbocycles. The summed E-state index contributed by atoms with van der Waals surface area (Å²) in [5.74, 6) is 5.40. The number of nitrogens with zero attached hydrogens (tertiary/aromatic N) is 4. The van der Waals surface area contributed by atoms with Gasteiger partial charge < -0.3 is 10.8 Å². The van der Waals surface area contributed by atoms with Crippen LogP contribution in [0.25, 0.3) is 16.9 Å². The molecule has 0 saturated heterocycles. The van der Waals surface area contributed by atoms with Crippen LogP contribution in [0.1, 0.15) is 19.4 Å². The Morgan fingerprint density at radius 3 is 2.78 bits per heavy atom. The quantitative estimate of drug-likeness (QED) is 0.667. The number of hydrogen-bond acceptors (Lipinski definition) is 5. The molecule has 0 aliphatic carbocycles. The van der Waals surface area contributed by atoms with Crippen LogP contribution in [0.2, 0.25) is 0 Å². The molecule has 23 heavy (non-hydrogen) atoms. The van der Waals surface area contributed by atoms with Crippen molar-refractivity contribution < 1.29 is 9.50 Å². The molecule has 7 heteroatoms. The van der Waals surface area contributed by atoms with Crippen LogP contribution in [0.15, 0.2) is 30.7 Å². The minimum absolute atomic E-state index is 0.133. The average molecular weight is 311 g/mol. The Balaban J connectivity index is 2.17. The van der Waals surface area contributed by atoms with Gasteiger partial charge in [-0.25, -0.2) is 14.4 Å².